The van der Waals surface area contributed by atoms with Crippen LogP contribution < -0.4 is 5.32 Å². The standard InChI is InChI=1S/C22H34N2/c1-6-8-9-10-11-16-24-18(3)17-21(24)19-12-14-20(15-13-19)22(4,7-2)23-5/h10-15,21,23H,3,6-9,16-17H2,1-2,4-5H3/b11-10-. The highest BCUT2D eigenvalue weighted by Gasteiger charge is 2.31. The highest BCUT2D eigenvalue weighted by atomic mass is 15.2. The third-order valence-corrected chi connectivity index (χ3v) is 5.60. The lowest BCUT2D eigenvalue weighted by Gasteiger charge is -2.45. The molecule has 1 aromatic rings. The molecule has 1 fully saturated rings. The first-order valence-corrected chi connectivity index (χ1v) is 9.44. The van der Waals surface area contributed by atoms with Crippen molar-refractivity contribution < 1.29 is 0 Å². The van der Waals surface area contributed by atoms with Crippen molar-refractivity contribution in [2.75, 3.05) is 13.6 Å². The maximum Gasteiger partial charge on any atom is 0.0597 e. The van der Waals surface area contributed by atoms with Crippen LogP contribution in [0.1, 0.15) is 70.0 Å². The first-order valence-electron chi connectivity index (χ1n) is 9.44. The second-order valence-corrected chi connectivity index (χ2v) is 7.11. The van der Waals surface area contributed by atoms with Gasteiger partial charge in [0.05, 0.1) is 6.04 Å². The number of hydrogen-bond donors (Lipinski definition) is 1. The van der Waals surface area contributed by atoms with E-state index in [1.807, 2.05) is 7.05 Å². The molecule has 24 heavy (non-hydrogen) atoms. The second kappa shape index (κ2) is 8.53. The van der Waals surface area contributed by atoms with Gasteiger partial charge in [0.2, 0.25) is 0 Å². The minimum atomic E-state index is 0.0590. The number of benzene rings is 1. The van der Waals surface area contributed by atoms with Gasteiger partial charge in [0.15, 0.2) is 0 Å². The molecule has 0 spiro atoms. The summed E-state index contributed by atoms with van der Waals surface area (Å²) in [4.78, 5) is 2.43. The number of unbranched alkanes of at least 4 members (excludes halogenated alkanes) is 2. The first-order chi connectivity index (χ1) is 11.6. The maximum absolute atomic E-state index is 4.20. The smallest absolute Gasteiger partial charge is 0.0597 e. The van der Waals surface area contributed by atoms with Crippen LogP contribution in [0.5, 0.6) is 0 Å². The molecule has 2 nitrogen and oxygen atoms in total. The van der Waals surface area contributed by atoms with Gasteiger partial charge in [-0.25, -0.2) is 0 Å². The second-order valence-electron chi connectivity index (χ2n) is 7.11. The van der Waals surface area contributed by atoms with E-state index in [2.05, 4.69) is 74.0 Å². The van der Waals surface area contributed by atoms with Gasteiger partial charge in [-0.3, -0.25) is 0 Å². The zero-order valence-corrected chi connectivity index (χ0v) is 15.9. The summed E-state index contributed by atoms with van der Waals surface area (Å²) in [7, 11) is 2.04. The van der Waals surface area contributed by atoms with E-state index < -0.39 is 0 Å². The minimum absolute atomic E-state index is 0.0590. The quantitative estimate of drug-likeness (QED) is 0.473. The molecule has 0 saturated carbocycles. The van der Waals surface area contributed by atoms with Gasteiger partial charge in [0, 0.05) is 24.2 Å². The number of hydrogen-bond acceptors (Lipinski definition) is 2. The predicted octanol–water partition coefficient (Wildman–Crippen LogP) is 5.54. The van der Waals surface area contributed by atoms with E-state index in [0.717, 1.165) is 19.4 Å². The Labute approximate surface area is 148 Å². The van der Waals surface area contributed by atoms with Crippen molar-refractivity contribution in [3.63, 3.8) is 0 Å². The van der Waals surface area contributed by atoms with E-state index >= 15 is 0 Å². The Morgan fingerprint density at radius 1 is 1.25 bits per heavy atom. The molecule has 2 rings (SSSR count). The van der Waals surface area contributed by atoms with Crippen LogP contribution in [0.15, 0.2) is 48.7 Å². The molecule has 0 radical (unpaired) electrons. The number of nitrogens with zero attached hydrogens (tertiary/aromatic N) is 1. The van der Waals surface area contributed by atoms with Crippen molar-refractivity contribution >= 4 is 0 Å². The predicted molar refractivity (Wildman–Crippen MR) is 105 cm³/mol. The van der Waals surface area contributed by atoms with Crippen LogP contribution in [-0.2, 0) is 5.54 Å². The van der Waals surface area contributed by atoms with Crippen molar-refractivity contribution in [2.45, 2.75) is 64.5 Å². The van der Waals surface area contributed by atoms with Gasteiger partial charge in [0.1, 0.15) is 0 Å². The van der Waals surface area contributed by atoms with Gasteiger partial charge in [-0.1, -0.05) is 69.7 Å². The van der Waals surface area contributed by atoms with Crippen molar-refractivity contribution in [3.8, 4) is 0 Å². The maximum atomic E-state index is 4.20. The fourth-order valence-corrected chi connectivity index (χ4v) is 3.34. The summed E-state index contributed by atoms with van der Waals surface area (Å²) in [5, 5.41) is 3.45. The molecule has 0 aliphatic carbocycles. The SMILES string of the molecule is C=C1CC(c2ccc(C(C)(CC)NC)cc2)N1C/C=C\CCCC. The van der Waals surface area contributed by atoms with Crippen LogP contribution in [0.4, 0.5) is 0 Å². The van der Waals surface area contributed by atoms with Crippen LogP contribution in [0.2, 0.25) is 0 Å². The summed E-state index contributed by atoms with van der Waals surface area (Å²) < 4.78 is 0. The first kappa shape index (κ1) is 18.8. The molecule has 2 atom stereocenters. The zero-order valence-electron chi connectivity index (χ0n) is 15.9. The van der Waals surface area contributed by atoms with E-state index in [1.165, 1.54) is 36.1 Å². The number of rotatable bonds is 9. The van der Waals surface area contributed by atoms with E-state index in [9.17, 15) is 0 Å². The van der Waals surface area contributed by atoms with Crippen molar-refractivity contribution in [1.29, 1.82) is 0 Å². The van der Waals surface area contributed by atoms with E-state index in [1.54, 1.807) is 0 Å². The Bertz CT molecular complexity index is 552. The number of nitrogens with one attached hydrogen (secondary N) is 1. The number of allylic oxidation sites excluding steroid dienone is 1. The fraction of sp³-hybridized carbons (Fsp3) is 0.545. The lowest BCUT2D eigenvalue weighted by Crippen LogP contribution is -2.38. The summed E-state index contributed by atoms with van der Waals surface area (Å²) in [6, 6.07) is 9.65. The van der Waals surface area contributed by atoms with E-state index in [4.69, 9.17) is 0 Å². The van der Waals surface area contributed by atoms with Crippen LogP contribution in [-0.4, -0.2) is 18.5 Å². The molecule has 0 bridgehead atoms. The Morgan fingerprint density at radius 3 is 2.50 bits per heavy atom. The molecule has 0 aromatic heterocycles. The molecule has 1 saturated heterocycles. The molecular formula is C22H34N2. The summed E-state index contributed by atoms with van der Waals surface area (Å²) in [6.07, 6.45) is 10.5. The minimum Gasteiger partial charge on any atom is -0.364 e. The summed E-state index contributed by atoms with van der Waals surface area (Å²) >= 11 is 0. The molecule has 1 aromatic carbocycles. The summed E-state index contributed by atoms with van der Waals surface area (Å²) in [6.45, 7) is 11.9. The molecule has 2 heteroatoms. The van der Waals surface area contributed by atoms with Crippen LogP contribution in [0.3, 0.4) is 0 Å². The molecule has 1 N–H and O–H groups in total. The van der Waals surface area contributed by atoms with Crippen LogP contribution in [0, 0.1) is 0 Å². The summed E-state index contributed by atoms with van der Waals surface area (Å²) in [5.74, 6) is 0. The molecule has 1 heterocycles. The third kappa shape index (κ3) is 4.10. The topological polar surface area (TPSA) is 15.3 Å². The lowest BCUT2D eigenvalue weighted by atomic mass is 9.86. The molecule has 1 aliphatic rings. The van der Waals surface area contributed by atoms with Crippen molar-refractivity contribution in [2.24, 2.45) is 0 Å². The summed E-state index contributed by atoms with van der Waals surface area (Å²) in [5.41, 5.74) is 4.09. The molecule has 0 amide bonds. The third-order valence-electron chi connectivity index (χ3n) is 5.60. The molecule has 2 unspecified atom stereocenters. The van der Waals surface area contributed by atoms with Gasteiger partial charge < -0.3 is 10.2 Å². The Morgan fingerprint density at radius 2 is 1.96 bits per heavy atom. The highest BCUT2D eigenvalue weighted by Crippen LogP contribution is 2.40. The van der Waals surface area contributed by atoms with Crippen molar-refractivity contribution in [1.82, 2.24) is 10.2 Å². The largest absolute Gasteiger partial charge is 0.364 e. The number of likely N-dealkylation sites (tertiary alicyclic amines) is 1. The average molecular weight is 327 g/mol. The van der Waals surface area contributed by atoms with Gasteiger partial charge in [-0.05, 0) is 37.9 Å². The fourth-order valence-electron chi connectivity index (χ4n) is 3.34. The van der Waals surface area contributed by atoms with Gasteiger partial charge in [0.25, 0.3) is 0 Å². The molecule has 132 valence electrons. The average Bonchev–Trinajstić information content (AvgIpc) is 2.62. The Hall–Kier alpha value is -1.54. The lowest BCUT2D eigenvalue weighted by molar-refractivity contribution is 0.178. The van der Waals surface area contributed by atoms with Crippen LogP contribution in [0.25, 0.3) is 0 Å². The van der Waals surface area contributed by atoms with E-state index in [-0.39, 0.29) is 5.54 Å². The molecular weight excluding hydrogens is 292 g/mol. The highest BCUT2D eigenvalue weighted by molar-refractivity contribution is 5.33. The van der Waals surface area contributed by atoms with E-state index in [0.29, 0.717) is 6.04 Å². The van der Waals surface area contributed by atoms with Gasteiger partial charge >= 0.3 is 0 Å². The van der Waals surface area contributed by atoms with Crippen LogP contribution >= 0.6 is 0 Å². The van der Waals surface area contributed by atoms with Gasteiger partial charge in [-0.15, -0.1) is 0 Å². The molecule has 1 aliphatic heterocycles. The van der Waals surface area contributed by atoms with Gasteiger partial charge in [-0.2, -0.15) is 0 Å². The van der Waals surface area contributed by atoms with Crippen molar-refractivity contribution in [3.05, 3.63) is 59.8 Å². The Kier molecular flexibility index (Phi) is 6.68. The zero-order chi connectivity index (χ0) is 17.6. The monoisotopic (exact) mass is 326 g/mol. The normalized spacial score (nSPS) is 20.2. The Balaban J connectivity index is 2.00.